The number of hydrogen-bond donors (Lipinski definition) is 2. The maximum atomic E-state index is 12.4. The zero-order valence-corrected chi connectivity index (χ0v) is 13.5. The van der Waals surface area contributed by atoms with Crippen LogP contribution in [-0.2, 0) is 17.6 Å². The Morgan fingerprint density at radius 3 is 3.04 bits per heavy atom. The molecule has 1 aromatic heterocycles. The van der Waals surface area contributed by atoms with Gasteiger partial charge in [0.2, 0.25) is 0 Å². The summed E-state index contributed by atoms with van der Waals surface area (Å²) in [4.78, 5) is 26.1. The molecule has 23 heavy (non-hydrogen) atoms. The quantitative estimate of drug-likeness (QED) is 0.889. The SMILES string of the molecule is C[C@@H]1Oc2ccc(NC(=O)c3cc4c(s3)CCC4)cc2NC1=O. The summed E-state index contributed by atoms with van der Waals surface area (Å²) in [5, 5.41) is 5.67. The molecule has 0 unspecified atom stereocenters. The van der Waals surface area contributed by atoms with E-state index in [-0.39, 0.29) is 11.8 Å². The Kier molecular flexibility index (Phi) is 3.34. The molecule has 0 saturated heterocycles. The highest BCUT2D eigenvalue weighted by atomic mass is 32.1. The van der Waals surface area contributed by atoms with Crippen molar-refractivity contribution >= 4 is 34.5 Å². The Bertz CT molecular complexity index is 791. The van der Waals surface area contributed by atoms with Crippen molar-refractivity contribution in [3.63, 3.8) is 0 Å². The Labute approximate surface area is 137 Å². The summed E-state index contributed by atoms with van der Waals surface area (Å²) in [5.74, 6) is 0.321. The predicted octanol–water partition coefficient (Wildman–Crippen LogP) is 3.21. The maximum absolute atomic E-state index is 12.4. The number of carbonyl (C=O) groups is 2. The van der Waals surface area contributed by atoms with E-state index in [2.05, 4.69) is 10.6 Å². The topological polar surface area (TPSA) is 67.4 Å². The number of aryl methyl sites for hydroxylation is 2. The second-order valence-corrected chi connectivity index (χ2v) is 6.96. The number of anilines is 2. The summed E-state index contributed by atoms with van der Waals surface area (Å²) >= 11 is 1.57. The zero-order chi connectivity index (χ0) is 16.0. The van der Waals surface area contributed by atoms with Gasteiger partial charge in [0, 0.05) is 10.6 Å². The van der Waals surface area contributed by atoms with E-state index in [9.17, 15) is 9.59 Å². The first-order valence-electron chi connectivity index (χ1n) is 7.64. The van der Waals surface area contributed by atoms with Gasteiger partial charge in [-0.15, -0.1) is 11.3 Å². The third-order valence-electron chi connectivity index (χ3n) is 4.14. The van der Waals surface area contributed by atoms with E-state index in [1.54, 1.807) is 36.5 Å². The number of nitrogens with one attached hydrogen (secondary N) is 2. The molecule has 1 aliphatic carbocycles. The van der Waals surface area contributed by atoms with Gasteiger partial charge in [-0.25, -0.2) is 0 Å². The number of carbonyl (C=O) groups excluding carboxylic acids is 2. The average molecular weight is 328 g/mol. The van der Waals surface area contributed by atoms with Crippen LogP contribution in [0.3, 0.4) is 0 Å². The van der Waals surface area contributed by atoms with E-state index < -0.39 is 6.10 Å². The van der Waals surface area contributed by atoms with Crippen LogP contribution in [0.25, 0.3) is 0 Å². The number of benzene rings is 1. The number of fused-ring (bicyclic) bond motifs is 2. The molecule has 2 aromatic rings. The zero-order valence-electron chi connectivity index (χ0n) is 12.6. The van der Waals surface area contributed by atoms with Crippen molar-refractivity contribution < 1.29 is 14.3 Å². The fourth-order valence-corrected chi connectivity index (χ4v) is 4.07. The van der Waals surface area contributed by atoms with Gasteiger partial charge in [-0.05, 0) is 56.0 Å². The molecular weight excluding hydrogens is 312 g/mol. The summed E-state index contributed by atoms with van der Waals surface area (Å²) < 4.78 is 5.51. The summed E-state index contributed by atoms with van der Waals surface area (Å²) in [5.41, 5.74) is 2.53. The second kappa shape index (κ2) is 5.38. The molecule has 6 heteroatoms. The highest BCUT2D eigenvalue weighted by Gasteiger charge is 2.24. The van der Waals surface area contributed by atoms with Gasteiger partial charge < -0.3 is 15.4 Å². The van der Waals surface area contributed by atoms with Crippen LogP contribution in [0, 0.1) is 0 Å². The van der Waals surface area contributed by atoms with Gasteiger partial charge in [-0.2, -0.15) is 0 Å². The lowest BCUT2D eigenvalue weighted by atomic mass is 10.2. The van der Waals surface area contributed by atoms with E-state index in [0.29, 0.717) is 17.1 Å². The minimum Gasteiger partial charge on any atom is -0.479 e. The predicted molar refractivity (Wildman–Crippen MR) is 89.5 cm³/mol. The lowest BCUT2D eigenvalue weighted by Gasteiger charge is -2.23. The van der Waals surface area contributed by atoms with Crippen molar-refractivity contribution in [1.29, 1.82) is 0 Å². The van der Waals surface area contributed by atoms with Gasteiger partial charge in [0.25, 0.3) is 11.8 Å². The van der Waals surface area contributed by atoms with Crippen LogP contribution in [-0.4, -0.2) is 17.9 Å². The molecule has 5 nitrogen and oxygen atoms in total. The standard InChI is InChI=1S/C17H16N2O3S/c1-9-16(20)19-12-8-11(5-6-13(12)22-9)18-17(21)15-7-10-3-2-4-14(10)23-15/h5-9H,2-4H2,1H3,(H,18,21)(H,19,20)/t9-/m0/s1. The van der Waals surface area contributed by atoms with Gasteiger partial charge in [0.15, 0.2) is 6.10 Å². The van der Waals surface area contributed by atoms with Crippen molar-refractivity contribution in [2.75, 3.05) is 10.6 Å². The van der Waals surface area contributed by atoms with E-state index in [1.807, 2.05) is 6.07 Å². The largest absolute Gasteiger partial charge is 0.479 e. The van der Waals surface area contributed by atoms with Gasteiger partial charge in [-0.1, -0.05) is 0 Å². The fraction of sp³-hybridized carbons (Fsp3) is 0.294. The van der Waals surface area contributed by atoms with Gasteiger partial charge in [0.1, 0.15) is 5.75 Å². The maximum Gasteiger partial charge on any atom is 0.265 e. The van der Waals surface area contributed by atoms with Gasteiger partial charge in [-0.3, -0.25) is 9.59 Å². The summed E-state index contributed by atoms with van der Waals surface area (Å²) in [6.07, 6.45) is 2.83. The molecule has 1 atom stereocenters. The van der Waals surface area contributed by atoms with E-state index >= 15 is 0 Å². The minimum atomic E-state index is -0.503. The van der Waals surface area contributed by atoms with E-state index in [0.717, 1.165) is 17.7 Å². The van der Waals surface area contributed by atoms with E-state index in [4.69, 9.17) is 4.74 Å². The first-order chi connectivity index (χ1) is 11.1. The Balaban J connectivity index is 1.53. The lowest BCUT2D eigenvalue weighted by molar-refractivity contribution is -0.122. The monoisotopic (exact) mass is 328 g/mol. The van der Waals surface area contributed by atoms with Gasteiger partial charge in [0.05, 0.1) is 10.6 Å². The fourth-order valence-electron chi connectivity index (χ4n) is 2.92. The van der Waals surface area contributed by atoms with Crippen molar-refractivity contribution in [3.8, 4) is 5.75 Å². The second-order valence-electron chi connectivity index (χ2n) is 5.83. The van der Waals surface area contributed by atoms with Gasteiger partial charge >= 0.3 is 0 Å². The van der Waals surface area contributed by atoms with Crippen LogP contribution in [0.5, 0.6) is 5.75 Å². The third kappa shape index (κ3) is 2.59. The van der Waals surface area contributed by atoms with Crippen molar-refractivity contribution in [2.24, 2.45) is 0 Å². The average Bonchev–Trinajstić information content (AvgIpc) is 3.10. The molecule has 2 amide bonds. The molecule has 2 heterocycles. The number of hydrogen-bond acceptors (Lipinski definition) is 4. The number of rotatable bonds is 2. The van der Waals surface area contributed by atoms with Crippen LogP contribution in [0.2, 0.25) is 0 Å². The van der Waals surface area contributed by atoms with Crippen LogP contribution < -0.4 is 15.4 Å². The molecule has 0 fully saturated rings. The van der Waals surface area contributed by atoms with Crippen LogP contribution in [0.4, 0.5) is 11.4 Å². The Morgan fingerprint density at radius 2 is 2.22 bits per heavy atom. The van der Waals surface area contributed by atoms with Crippen LogP contribution in [0.1, 0.15) is 33.5 Å². The first kappa shape index (κ1) is 14.3. The van der Waals surface area contributed by atoms with Crippen LogP contribution >= 0.6 is 11.3 Å². The normalized spacial score (nSPS) is 18.7. The first-order valence-corrected chi connectivity index (χ1v) is 8.46. The van der Waals surface area contributed by atoms with Crippen molar-refractivity contribution in [2.45, 2.75) is 32.3 Å². The summed E-state index contributed by atoms with van der Waals surface area (Å²) in [6.45, 7) is 1.70. The lowest BCUT2D eigenvalue weighted by Crippen LogP contribution is -2.34. The molecule has 2 N–H and O–H groups in total. The molecule has 118 valence electrons. The number of ether oxygens (including phenoxy) is 1. The smallest absolute Gasteiger partial charge is 0.265 e. The molecule has 1 aliphatic heterocycles. The highest BCUT2D eigenvalue weighted by Crippen LogP contribution is 2.33. The number of amides is 2. The molecule has 0 radical (unpaired) electrons. The number of thiophene rings is 1. The summed E-state index contributed by atoms with van der Waals surface area (Å²) in [7, 11) is 0. The molecule has 1 aromatic carbocycles. The molecular formula is C17H16N2O3S. The van der Waals surface area contributed by atoms with Crippen LogP contribution in [0.15, 0.2) is 24.3 Å². The molecule has 0 bridgehead atoms. The molecule has 4 rings (SSSR count). The Morgan fingerprint density at radius 1 is 1.35 bits per heavy atom. The molecule has 0 saturated carbocycles. The highest BCUT2D eigenvalue weighted by molar-refractivity contribution is 7.14. The Hall–Kier alpha value is -2.34. The minimum absolute atomic E-state index is 0.110. The van der Waals surface area contributed by atoms with Crippen molar-refractivity contribution in [3.05, 3.63) is 39.6 Å². The molecule has 0 spiro atoms. The third-order valence-corrected chi connectivity index (χ3v) is 5.37. The van der Waals surface area contributed by atoms with Crippen molar-refractivity contribution in [1.82, 2.24) is 0 Å². The summed E-state index contributed by atoms with van der Waals surface area (Å²) in [6, 6.07) is 7.25. The van der Waals surface area contributed by atoms with E-state index in [1.165, 1.54) is 16.9 Å². The molecule has 2 aliphatic rings.